The first-order chi connectivity index (χ1) is 9.02. The molecule has 0 radical (unpaired) electrons. The molecule has 0 saturated carbocycles. The van der Waals surface area contributed by atoms with Crippen LogP contribution < -0.4 is 4.90 Å². The van der Waals surface area contributed by atoms with E-state index in [1.54, 1.807) is 14.0 Å². The van der Waals surface area contributed by atoms with Gasteiger partial charge in [0, 0.05) is 25.9 Å². The van der Waals surface area contributed by atoms with Crippen molar-refractivity contribution in [3.8, 4) is 0 Å². The van der Waals surface area contributed by atoms with E-state index in [0.29, 0.717) is 11.3 Å². The second-order valence-electron chi connectivity index (χ2n) is 4.97. The molecule has 1 aromatic rings. The summed E-state index contributed by atoms with van der Waals surface area (Å²) in [6, 6.07) is 1.86. The van der Waals surface area contributed by atoms with Gasteiger partial charge in [0.25, 0.3) is 0 Å². The van der Waals surface area contributed by atoms with Crippen molar-refractivity contribution in [2.24, 2.45) is 0 Å². The fourth-order valence-corrected chi connectivity index (χ4v) is 2.65. The lowest BCUT2D eigenvalue weighted by Crippen LogP contribution is -2.37. The normalized spacial score (nSPS) is 16.7. The number of hydrogen-bond acceptors (Lipinski definition) is 4. The van der Waals surface area contributed by atoms with Gasteiger partial charge in [0.05, 0.1) is 17.5 Å². The van der Waals surface area contributed by atoms with E-state index in [2.05, 4.69) is 9.88 Å². The molecule has 0 bridgehead atoms. The van der Waals surface area contributed by atoms with Crippen LogP contribution >= 0.6 is 0 Å². The van der Waals surface area contributed by atoms with Gasteiger partial charge in [-0.1, -0.05) is 0 Å². The Labute approximate surface area is 113 Å². The van der Waals surface area contributed by atoms with Gasteiger partial charge in [-0.25, -0.2) is 4.79 Å². The molecule has 0 aliphatic carbocycles. The number of carbonyl (C=O) groups is 1. The molecular formula is C14H20N2O3. The maximum absolute atomic E-state index is 11.4. The highest BCUT2D eigenvalue weighted by Crippen LogP contribution is 2.27. The minimum atomic E-state index is -0.908. The predicted octanol–water partition coefficient (Wildman–Crippen LogP) is 2.01. The number of ether oxygens (including phenoxy) is 1. The quantitative estimate of drug-likeness (QED) is 0.904. The molecule has 104 valence electrons. The maximum Gasteiger partial charge on any atom is 0.339 e. The van der Waals surface area contributed by atoms with Gasteiger partial charge in [0.15, 0.2) is 0 Å². The second kappa shape index (κ2) is 5.57. The molecule has 1 aliphatic rings. The van der Waals surface area contributed by atoms with Crippen LogP contribution in [0.4, 0.5) is 5.69 Å². The molecule has 0 aromatic carbocycles. The van der Waals surface area contributed by atoms with Crippen LogP contribution in [0.3, 0.4) is 0 Å². The van der Waals surface area contributed by atoms with E-state index in [-0.39, 0.29) is 6.10 Å². The molecule has 0 unspecified atom stereocenters. The standard InChI is InChI=1S/C14H20N2O3/c1-9-8-12(13(14(17)18)10(2)15-9)16-6-4-11(19-3)5-7-16/h8,11H,4-7H2,1-3H3,(H,17,18). The molecule has 5 heteroatoms. The van der Waals surface area contributed by atoms with Gasteiger partial charge in [-0.2, -0.15) is 0 Å². The van der Waals surface area contributed by atoms with Gasteiger partial charge in [-0.05, 0) is 32.8 Å². The number of hydrogen-bond donors (Lipinski definition) is 1. The largest absolute Gasteiger partial charge is 0.478 e. The fourth-order valence-electron chi connectivity index (χ4n) is 2.65. The first-order valence-electron chi connectivity index (χ1n) is 6.52. The maximum atomic E-state index is 11.4. The van der Waals surface area contributed by atoms with Gasteiger partial charge < -0.3 is 14.7 Å². The van der Waals surface area contributed by atoms with E-state index < -0.39 is 5.97 Å². The van der Waals surface area contributed by atoms with E-state index in [0.717, 1.165) is 37.3 Å². The van der Waals surface area contributed by atoms with E-state index >= 15 is 0 Å². The number of aromatic carboxylic acids is 1. The lowest BCUT2D eigenvalue weighted by atomic mass is 10.0. The number of nitrogens with zero attached hydrogens (tertiary/aromatic N) is 2. The Hall–Kier alpha value is -1.62. The van der Waals surface area contributed by atoms with Crippen LogP contribution in [-0.2, 0) is 4.74 Å². The fraction of sp³-hybridized carbons (Fsp3) is 0.571. The van der Waals surface area contributed by atoms with Crippen molar-refractivity contribution in [3.63, 3.8) is 0 Å². The van der Waals surface area contributed by atoms with Gasteiger partial charge in [-0.3, -0.25) is 4.98 Å². The number of piperidine rings is 1. The Balaban J connectivity index is 2.31. The van der Waals surface area contributed by atoms with Crippen LogP contribution in [0.5, 0.6) is 0 Å². The summed E-state index contributed by atoms with van der Waals surface area (Å²) < 4.78 is 5.35. The summed E-state index contributed by atoms with van der Waals surface area (Å²) in [5, 5.41) is 9.37. The van der Waals surface area contributed by atoms with Crippen molar-refractivity contribution in [3.05, 3.63) is 23.0 Å². The molecule has 1 fully saturated rings. The zero-order valence-electron chi connectivity index (χ0n) is 11.6. The lowest BCUT2D eigenvalue weighted by molar-refractivity contribution is 0.0695. The summed E-state index contributed by atoms with van der Waals surface area (Å²) in [6.07, 6.45) is 2.14. The molecule has 2 heterocycles. The molecule has 1 aliphatic heterocycles. The number of anilines is 1. The van der Waals surface area contributed by atoms with Gasteiger partial charge in [-0.15, -0.1) is 0 Å². The molecule has 2 rings (SSSR count). The molecule has 5 nitrogen and oxygen atoms in total. The summed E-state index contributed by atoms with van der Waals surface area (Å²) in [5.74, 6) is -0.908. The Morgan fingerprint density at radius 1 is 1.42 bits per heavy atom. The number of carboxylic acids is 1. The minimum absolute atomic E-state index is 0.286. The SMILES string of the molecule is COC1CCN(c2cc(C)nc(C)c2C(=O)O)CC1. The van der Waals surface area contributed by atoms with Crippen molar-refractivity contribution in [1.82, 2.24) is 4.98 Å². The number of aryl methyl sites for hydroxylation is 2. The summed E-state index contributed by atoms with van der Waals surface area (Å²) >= 11 is 0. The Bertz CT molecular complexity index is 480. The first kappa shape index (κ1) is 13.8. The predicted molar refractivity (Wildman–Crippen MR) is 72.9 cm³/mol. The average molecular weight is 264 g/mol. The van der Waals surface area contributed by atoms with Gasteiger partial charge in [0.1, 0.15) is 5.56 Å². The number of methoxy groups -OCH3 is 1. The summed E-state index contributed by atoms with van der Waals surface area (Å²) in [6.45, 7) is 5.29. The van der Waals surface area contributed by atoms with Crippen molar-refractivity contribution < 1.29 is 14.6 Å². The summed E-state index contributed by atoms with van der Waals surface area (Å²) in [4.78, 5) is 17.8. The van der Waals surface area contributed by atoms with E-state index in [1.807, 2.05) is 13.0 Å². The molecule has 1 aromatic heterocycles. The van der Waals surface area contributed by atoms with Crippen LogP contribution in [0.1, 0.15) is 34.6 Å². The summed E-state index contributed by atoms with van der Waals surface area (Å²) in [7, 11) is 1.73. The number of carboxylic acid groups (broad SMARTS) is 1. The van der Waals surface area contributed by atoms with E-state index in [4.69, 9.17) is 4.74 Å². The zero-order valence-corrected chi connectivity index (χ0v) is 11.6. The Kier molecular flexibility index (Phi) is 4.04. The molecule has 0 atom stereocenters. The average Bonchev–Trinajstić information content (AvgIpc) is 2.37. The smallest absolute Gasteiger partial charge is 0.339 e. The Morgan fingerprint density at radius 2 is 2.05 bits per heavy atom. The zero-order chi connectivity index (χ0) is 14.0. The van der Waals surface area contributed by atoms with Crippen LogP contribution in [0.25, 0.3) is 0 Å². The van der Waals surface area contributed by atoms with Crippen LogP contribution in [0, 0.1) is 13.8 Å². The van der Waals surface area contributed by atoms with Crippen molar-refractivity contribution in [2.75, 3.05) is 25.1 Å². The minimum Gasteiger partial charge on any atom is -0.478 e. The highest BCUT2D eigenvalue weighted by Gasteiger charge is 2.24. The number of rotatable bonds is 3. The van der Waals surface area contributed by atoms with Crippen molar-refractivity contribution >= 4 is 11.7 Å². The third-order valence-electron chi connectivity index (χ3n) is 3.64. The van der Waals surface area contributed by atoms with E-state index in [9.17, 15) is 9.90 Å². The van der Waals surface area contributed by atoms with Crippen molar-refractivity contribution in [1.29, 1.82) is 0 Å². The van der Waals surface area contributed by atoms with Crippen LogP contribution in [0.15, 0.2) is 6.07 Å². The highest BCUT2D eigenvalue weighted by molar-refractivity contribution is 5.95. The Morgan fingerprint density at radius 3 is 2.58 bits per heavy atom. The third kappa shape index (κ3) is 2.87. The molecule has 19 heavy (non-hydrogen) atoms. The van der Waals surface area contributed by atoms with E-state index in [1.165, 1.54) is 0 Å². The van der Waals surface area contributed by atoms with Crippen LogP contribution in [-0.4, -0.2) is 42.4 Å². The third-order valence-corrected chi connectivity index (χ3v) is 3.64. The van der Waals surface area contributed by atoms with Crippen molar-refractivity contribution in [2.45, 2.75) is 32.8 Å². The van der Waals surface area contributed by atoms with Gasteiger partial charge in [0.2, 0.25) is 0 Å². The monoisotopic (exact) mass is 264 g/mol. The molecule has 1 N–H and O–H groups in total. The number of pyridine rings is 1. The lowest BCUT2D eigenvalue weighted by Gasteiger charge is -2.34. The molecule has 1 saturated heterocycles. The topological polar surface area (TPSA) is 62.7 Å². The highest BCUT2D eigenvalue weighted by atomic mass is 16.5. The second-order valence-corrected chi connectivity index (χ2v) is 4.97. The first-order valence-corrected chi connectivity index (χ1v) is 6.52. The van der Waals surface area contributed by atoms with Crippen LogP contribution in [0.2, 0.25) is 0 Å². The summed E-state index contributed by atoms with van der Waals surface area (Å²) in [5.41, 5.74) is 2.54. The molecule has 0 amide bonds. The molecule has 0 spiro atoms. The van der Waals surface area contributed by atoms with Gasteiger partial charge >= 0.3 is 5.97 Å². The molecular weight excluding hydrogens is 244 g/mol. The number of aromatic nitrogens is 1.